The lowest BCUT2D eigenvalue weighted by atomic mass is 10.1. The van der Waals surface area contributed by atoms with E-state index in [1.807, 2.05) is 24.3 Å². The molecule has 2 aromatic carbocycles. The SMILES string of the molecule is CCCCP(CCCC)c1cccc2cccc(S(=O)(=O)O)c12. The van der Waals surface area contributed by atoms with Crippen LogP contribution in [0.1, 0.15) is 39.5 Å². The van der Waals surface area contributed by atoms with Crippen LogP contribution in [-0.2, 0) is 10.1 Å². The molecule has 0 radical (unpaired) electrons. The molecule has 0 heterocycles. The van der Waals surface area contributed by atoms with E-state index in [2.05, 4.69) is 13.8 Å². The van der Waals surface area contributed by atoms with Crippen LogP contribution >= 0.6 is 7.92 Å². The van der Waals surface area contributed by atoms with Gasteiger partial charge in [-0.15, -0.1) is 0 Å². The average molecular weight is 352 g/mol. The molecule has 0 spiro atoms. The molecule has 0 fully saturated rings. The van der Waals surface area contributed by atoms with Crippen LogP contribution in [-0.4, -0.2) is 25.3 Å². The topological polar surface area (TPSA) is 54.4 Å². The highest BCUT2D eigenvalue weighted by molar-refractivity contribution is 7.86. The van der Waals surface area contributed by atoms with Gasteiger partial charge in [0, 0.05) is 5.39 Å². The minimum absolute atomic E-state index is 0.0473. The zero-order valence-electron chi connectivity index (χ0n) is 13.8. The average Bonchev–Trinajstić information content (AvgIpc) is 2.53. The van der Waals surface area contributed by atoms with Gasteiger partial charge in [0.25, 0.3) is 10.1 Å². The summed E-state index contributed by atoms with van der Waals surface area (Å²) in [6, 6.07) is 11.1. The number of hydrogen-bond donors (Lipinski definition) is 1. The van der Waals surface area contributed by atoms with E-state index in [1.165, 1.54) is 6.07 Å². The van der Waals surface area contributed by atoms with E-state index in [0.29, 0.717) is 0 Å². The van der Waals surface area contributed by atoms with Crippen LogP contribution in [0.2, 0.25) is 0 Å². The molecule has 0 aliphatic heterocycles. The lowest BCUT2D eigenvalue weighted by Crippen LogP contribution is -2.12. The number of fused-ring (bicyclic) bond motifs is 1. The fraction of sp³-hybridized carbons (Fsp3) is 0.444. The summed E-state index contributed by atoms with van der Waals surface area (Å²) in [5.74, 6) is 0. The van der Waals surface area contributed by atoms with E-state index in [0.717, 1.165) is 54.1 Å². The molecular weight excluding hydrogens is 327 g/mol. The zero-order chi connectivity index (χ0) is 16.9. The first kappa shape index (κ1) is 18.4. The molecule has 0 bridgehead atoms. The van der Waals surface area contributed by atoms with Crippen LogP contribution in [0, 0.1) is 0 Å². The van der Waals surface area contributed by atoms with Crippen LogP contribution < -0.4 is 5.30 Å². The molecule has 0 atom stereocenters. The van der Waals surface area contributed by atoms with E-state index in [4.69, 9.17) is 0 Å². The van der Waals surface area contributed by atoms with Gasteiger partial charge in [0.1, 0.15) is 4.90 Å². The van der Waals surface area contributed by atoms with Gasteiger partial charge in [-0.25, -0.2) is 0 Å². The second-order valence-corrected chi connectivity index (χ2v) is 9.65. The van der Waals surface area contributed by atoms with Gasteiger partial charge < -0.3 is 0 Å². The van der Waals surface area contributed by atoms with Crippen molar-refractivity contribution in [3.63, 3.8) is 0 Å². The summed E-state index contributed by atoms with van der Waals surface area (Å²) in [7, 11) is -4.62. The number of unbranched alkanes of at least 4 members (excludes halogenated alkanes) is 2. The summed E-state index contributed by atoms with van der Waals surface area (Å²) in [5.41, 5.74) is 0. The molecule has 0 amide bonds. The maximum atomic E-state index is 11.8. The molecule has 126 valence electrons. The number of rotatable bonds is 8. The third-order valence-corrected chi connectivity index (χ3v) is 7.69. The smallest absolute Gasteiger partial charge is 0.282 e. The first-order chi connectivity index (χ1) is 11.0. The predicted octanol–water partition coefficient (Wildman–Crippen LogP) is 4.79. The lowest BCUT2D eigenvalue weighted by molar-refractivity contribution is 0.484. The van der Waals surface area contributed by atoms with Crippen LogP contribution in [0.25, 0.3) is 10.8 Å². The first-order valence-corrected chi connectivity index (χ1v) is 11.4. The molecule has 2 aromatic rings. The van der Waals surface area contributed by atoms with Crippen molar-refractivity contribution in [1.82, 2.24) is 0 Å². The Kier molecular flexibility index (Phi) is 6.58. The second-order valence-electron chi connectivity index (χ2n) is 5.80. The molecule has 1 N–H and O–H groups in total. The monoisotopic (exact) mass is 352 g/mol. The van der Waals surface area contributed by atoms with Gasteiger partial charge in [-0.2, -0.15) is 8.42 Å². The maximum Gasteiger partial charge on any atom is 0.295 e. The van der Waals surface area contributed by atoms with Crippen molar-refractivity contribution >= 4 is 34.1 Å². The molecule has 0 aliphatic carbocycles. The zero-order valence-corrected chi connectivity index (χ0v) is 15.5. The fourth-order valence-corrected chi connectivity index (χ4v) is 6.59. The van der Waals surface area contributed by atoms with E-state index < -0.39 is 18.0 Å². The molecule has 3 nitrogen and oxygen atoms in total. The molecule has 23 heavy (non-hydrogen) atoms. The van der Waals surface area contributed by atoms with E-state index >= 15 is 0 Å². The fourth-order valence-electron chi connectivity index (χ4n) is 2.82. The molecular formula is C18H25O3PS. The van der Waals surface area contributed by atoms with E-state index in [-0.39, 0.29) is 4.90 Å². The van der Waals surface area contributed by atoms with Crippen LogP contribution in [0.3, 0.4) is 0 Å². The highest BCUT2D eigenvalue weighted by atomic mass is 32.2. The van der Waals surface area contributed by atoms with Gasteiger partial charge in [-0.1, -0.05) is 64.9 Å². The summed E-state index contributed by atoms with van der Waals surface area (Å²) < 4.78 is 33.2. The molecule has 0 aromatic heterocycles. The lowest BCUT2D eigenvalue weighted by Gasteiger charge is -2.21. The standard InChI is InChI=1S/C18H25O3PS/c1-3-5-13-22(14-6-4-2)16-11-7-9-15-10-8-12-17(18(15)16)23(19,20)21/h7-12H,3-6,13-14H2,1-2H3,(H,19,20,21). The van der Waals surface area contributed by atoms with Crippen LogP contribution in [0.15, 0.2) is 41.3 Å². The van der Waals surface area contributed by atoms with Crippen molar-refractivity contribution in [2.24, 2.45) is 0 Å². The number of hydrogen-bond acceptors (Lipinski definition) is 2. The minimum Gasteiger partial charge on any atom is -0.282 e. The normalized spacial score (nSPS) is 12.2. The van der Waals surface area contributed by atoms with Gasteiger partial charge in [-0.3, -0.25) is 4.55 Å². The molecule has 0 aliphatic rings. The van der Waals surface area contributed by atoms with Crippen molar-refractivity contribution in [3.8, 4) is 0 Å². The Morgan fingerprint density at radius 1 is 0.957 bits per heavy atom. The Labute approximate surface area is 140 Å². The summed E-state index contributed by atoms with van der Waals surface area (Å²) >= 11 is 0. The maximum absolute atomic E-state index is 11.8. The quantitative estimate of drug-likeness (QED) is 0.549. The van der Waals surface area contributed by atoms with Crippen molar-refractivity contribution in [3.05, 3.63) is 36.4 Å². The van der Waals surface area contributed by atoms with Gasteiger partial charge in [0.2, 0.25) is 0 Å². The Morgan fingerprint density at radius 3 is 2.04 bits per heavy atom. The largest absolute Gasteiger partial charge is 0.295 e. The number of benzene rings is 2. The molecule has 0 unspecified atom stereocenters. The van der Waals surface area contributed by atoms with E-state index in [1.54, 1.807) is 6.07 Å². The minimum atomic E-state index is -4.22. The summed E-state index contributed by atoms with van der Waals surface area (Å²) in [6.45, 7) is 4.36. The Morgan fingerprint density at radius 2 is 1.52 bits per heavy atom. The summed E-state index contributed by atoms with van der Waals surface area (Å²) in [5, 5.41) is 2.72. The van der Waals surface area contributed by atoms with Crippen molar-refractivity contribution in [1.29, 1.82) is 0 Å². The highest BCUT2D eigenvalue weighted by Gasteiger charge is 2.20. The third-order valence-electron chi connectivity index (χ3n) is 4.03. The molecule has 0 saturated carbocycles. The Hall–Kier alpha value is -0.960. The van der Waals surface area contributed by atoms with E-state index in [9.17, 15) is 13.0 Å². The summed E-state index contributed by atoms with van der Waals surface area (Å²) in [4.78, 5) is 0.0473. The van der Waals surface area contributed by atoms with Gasteiger partial charge in [-0.05, 0) is 41.9 Å². The highest BCUT2D eigenvalue weighted by Crippen LogP contribution is 2.40. The predicted molar refractivity (Wildman–Crippen MR) is 99.9 cm³/mol. The van der Waals surface area contributed by atoms with Crippen molar-refractivity contribution in [2.75, 3.05) is 12.3 Å². The van der Waals surface area contributed by atoms with Gasteiger partial charge in [0.15, 0.2) is 0 Å². The van der Waals surface area contributed by atoms with Gasteiger partial charge >= 0.3 is 0 Å². The van der Waals surface area contributed by atoms with Crippen molar-refractivity contribution in [2.45, 2.75) is 44.4 Å². The third kappa shape index (κ3) is 4.53. The molecule has 5 heteroatoms. The molecule has 2 rings (SSSR count). The summed E-state index contributed by atoms with van der Waals surface area (Å²) in [6.07, 6.45) is 6.82. The first-order valence-electron chi connectivity index (χ1n) is 8.23. The van der Waals surface area contributed by atoms with Gasteiger partial charge in [0.05, 0.1) is 0 Å². The Balaban J connectivity index is 2.61. The molecule has 0 saturated heterocycles. The van der Waals surface area contributed by atoms with Crippen LogP contribution in [0.4, 0.5) is 0 Å². The van der Waals surface area contributed by atoms with Crippen molar-refractivity contribution < 1.29 is 13.0 Å². The Bertz CT molecular complexity index is 743. The second kappa shape index (κ2) is 8.23. The van der Waals surface area contributed by atoms with Crippen LogP contribution in [0.5, 0.6) is 0 Å².